The maximum absolute atomic E-state index is 14.1. The van der Waals surface area contributed by atoms with E-state index in [1.807, 2.05) is 58.2 Å². The summed E-state index contributed by atoms with van der Waals surface area (Å²) in [4.78, 5) is 17.4. The third kappa shape index (κ3) is 9.63. The summed E-state index contributed by atoms with van der Waals surface area (Å²) in [6.07, 6.45) is 1.70. The SMILES string of the molecule is C/C=C(/C#Cc1cc(C(=O)Nc2ccc(CN3CC[C@@H](N(C)C)C3)c(C(F)(F)F)c2)ccc1C)n1cccc(N/C(=C/NC)CNC)c1=N. The zero-order chi connectivity index (χ0) is 35.7. The number of allylic oxidation sites excluding steroid dienone is 2. The topological polar surface area (TPSA) is 100 Å². The van der Waals surface area contributed by atoms with Crippen molar-refractivity contribution in [3.63, 3.8) is 0 Å². The van der Waals surface area contributed by atoms with Gasteiger partial charge in [0.15, 0.2) is 5.49 Å². The van der Waals surface area contributed by atoms with Crippen LogP contribution in [0.1, 0.15) is 46.0 Å². The van der Waals surface area contributed by atoms with Crippen LogP contribution in [0.5, 0.6) is 0 Å². The summed E-state index contributed by atoms with van der Waals surface area (Å²) in [6.45, 7) is 5.88. The molecule has 0 spiro atoms. The minimum atomic E-state index is -4.57. The standard InChI is InChI=1S/C37H45F3N8O/c1-7-31(48-17-8-9-34(35(48)41)44-30(21-42-3)22-43-4)15-13-26-19-27(11-10-25(26)2)36(49)45-29-14-12-28(33(20-29)37(38,39)40)23-47-18-16-32(24-47)46(5)6/h7-12,14,17,19-21,32,41-44H,16,18,22-24H2,1-6H3,(H,45,49)/b30-21+,31-7-,41-35?/t32-/m1/s1. The highest BCUT2D eigenvalue weighted by Gasteiger charge is 2.35. The van der Waals surface area contributed by atoms with E-state index in [2.05, 4.69) is 38.0 Å². The Balaban J connectivity index is 1.54. The van der Waals surface area contributed by atoms with Gasteiger partial charge in [-0.2, -0.15) is 13.2 Å². The molecule has 0 unspecified atom stereocenters. The van der Waals surface area contributed by atoms with E-state index in [0.29, 0.717) is 36.1 Å². The van der Waals surface area contributed by atoms with Gasteiger partial charge >= 0.3 is 6.18 Å². The Morgan fingerprint density at radius 1 is 1.12 bits per heavy atom. The first-order valence-electron chi connectivity index (χ1n) is 16.1. The predicted octanol–water partition coefficient (Wildman–Crippen LogP) is 5.29. The molecule has 4 rings (SSSR count). The number of aromatic nitrogens is 1. The summed E-state index contributed by atoms with van der Waals surface area (Å²) in [5, 5.41) is 20.8. The van der Waals surface area contributed by atoms with Gasteiger partial charge < -0.3 is 26.2 Å². The van der Waals surface area contributed by atoms with E-state index in [0.717, 1.165) is 30.3 Å². The van der Waals surface area contributed by atoms with E-state index in [1.165, 1.54) is 12.1 Å². The van der Waals surface area contributed by atoms with Gasteiger partial charge in [-0.05, 0) is 94.9 Å². The van der Waals surface area contributed by atoms with Crippen molar-refractivity contribution in [2.45, 2.75) is 39.0 Å². The minimum Gasteiger partial charge on any atom is -0.393 e. The number of carbonyl (C=O) groups excluding carboxylic acids is 1. The molecule has 49 heavy (non-hydrogen) atoms. The number of nitrogens with one attached hydrogen (secondary N) is 5. The molecule has 3 aromatic rings. The van der Waals surface area contributed by atoms with E-state index in [9.17, 15) is 18.0 Å². The highest BCUT2D eigenvalue weighted by atomic mass is 19.4. The molecule has 9 nitrogen and oxygen atoms in total. The first-order valence-corrected chi connectivity index (χ1v) is 16.1. The minimum absolute atomic E-state index is 0.0633. The van der Waals surface area contributed by atoms with Gasteiger partial charge in [-0.15, -0.1) is 0 Å². The molecule has 1 aromatic heterocycles. The maximum atomic E-state index is 14.1. The number of alkyl halides is 3. The lowest BCUT2D eigenvalue weighted by atomic mass is 10.0. The van der Waals surface area contributed by atoms with Gasteiger partial charge in [0.1, 0.15) is 0 Å². The molecule has 260 valence electrons. The second-order valence-electron chi connectivity index (χ2n) is 12.2. The van der Waals surface area contributed by atoms with Gasteiger partial charge in [0.25, 0.3) is 5.91 Å². The molecule has 1 aliphatic heterocycles. The fourth-order valence-corrected chi connectivity index (χ4v) is 5.66. The molecule has 0 radical (unpaired) electrons. The Morgan fingerprint density at radius 2 is 1.90 bits per heavy atom. The van der Waals surface area contributed by atoms with Crippen LogP contribution in [0.4, 0.5) is 24.5 Å². The molecule has 0 saturated carbocycles. The first kappa shape index (κ1) is 37.0. The van der Waals surface area contributed by atoms with E-state index in [-0.39, 0.29) is 28.8 Å². The molecule has 1 amide bonds. The van der Waals surface area contributed by atoms with Crippen LogP contribution in [0.25, 0.3) is 5.70 Å². The summed E-state index contributed by atoms with van der Waals surface area (Å²) >= 11 is 0. The molecule has 0 bridgehead atoms. The van der Waals surface area contributed by atoms with Crippen molar-refractivity contribution in [3.8, 4) is 11.8 Å². The quantitative estimate of drug-likeness (QED) is 0.178. The first-order chi connectivity index (χ1) is 23.3. The maximum Gasteiger partial charge on any atom is 0.416 e. The zero-order valence-corrected chi connectivity index (χ0v) is 28.8. The molecule has 5 N–H and O–H groups in total. The Morgan fingerprint density at radius 3 is 2.55 bits per heavy atom. The number of anilines is 2. The number of aryl methyl sites for hydroxylation is 1. The van der Waals surface area contributed by atoms with E-state index >= 15 is 0 Å². The number of likely N-dealkylation sites (tertiary alicyclic amines) is 1. The van der Waals surface area contributed by atoms with Gasteiger partial charge in [-0.25, -0.2) is 0 Å². The number of likely N-dealkylation sites (N-methyl/N-ethyl adjacent to an activating group) is 2. The second kappa shape index (κ2) is 16.5. The molecule has 0 aliphatic carbocycles. The normalized spacial score (nSPS) is 15.6. The van der Waals surface area contributed by atoms with Crippen molar-refractivity contribution in [2.24, 2.45) is 0 Å². The molecule has 12 heteroatoms. The van der Waals surface area contributed by atoms with E-state index < -0.39 is 17.6 Å². The predicted molar refractivity (Wildman–Crippen MR) is 190 cm³/mol. The van der Waals surface area contributed by atoms with E-state index in [4.69, 9.17) is 5.41 Å². The molecule has 1 aliphatic rings. The summed E-state index contributed by atoms with van der Waals surface area (Å²) in [5.41, 5.74) is 3.35. The van der Waals surface area contributed by atoms with Crippen molar-refractivity contribution in [3.05, 3.63) is 106 Å². The van der Waals surface area contributed by atoms with Gasteiger partial charge in [-0.1, -0.05) is 24.1 Å². The van der Waals surface area contributed by atoms with Crippen LogP contribution in [-0.2, 0) is 12.7 Å². The van der Waals surface area contributed by atoms with Crippen LogP contribution in [0, 0.1) is 24.2 Å². The van der Waals surface area contributed by atoms with Crippen LogP contribution < -0.4 is 26.8 Å². The highest BCUT2D eigenvalue weighted by Crippen LogP contribution is 2.35. The van der Waals surface area contributed by atoms with Crippen molar-refractivity contribution in [1.29, 1.82) is 5.41 Å². The largest absolute Gasteiger partial charge is 0.416 e. The van der Waals surface area contributed by atoms with Crippen molar-refractivity contribution >= 4 is 23.0 Å². The fraction of sp³-hybridized carbons (Fsp3) is 0.351. The molecule has 1 saturated heterocycles. The Kier molecular flexibility index (Phi) is 12.5. The smallest absolute Gasteiger partial charge is 0.393 e. The number of rotatable bonds is 11. The van der Waals surface area contributed by atoms with Gasteiger partial charge in [0, 0.05) is 74.2 Å². The molecule has 2 aromatic carbocycles. The molecule has 1 fully saturated rings. The molecular formula is C37H45F3N8O. The molecule has 1 atom stereocenters. The van der Waals surface area contributed by atoms with Gasteiger partial charge in [-0.3, -0.25) is 19.7 Å². The zero-order valence-electron chi connectivity index (χ0n) is 28.8. The van der Waals surface area contributed by atoms with Crippen molar-refractivity contribution in [1.82, 2.24) is 25.0 Å². The van der Waals surface area contributed by atoms with Crippen LogP contribution >= 0.6 is 0 Å². The number of nitrogens with zero attached hydrogens (tertiary/aromatic N) is 3. The third-order valence-electron chi connectivity index (χ3n) is 8.38. The van der Waals surface area contributed by atoms with Crippen LogP contribution in [0.2, 0.25) is 0 Å². The number of hydrogen-bond donors (Lipinski definition) is 5. The van der Waals surface area contributed by atoms with E-state index in [1.54, 1.807) is 42.1 Å². The fourth-order valence-electron chi connectivity index (χ4n) is 5.66. The van der Waals surface area contributed by atoms with Crippen molar-refractivity contribution in [2.75, 3.05) is 58.5 Å². The lowest BCUT2D eigenvalue weighted by Crippen LogP contribution is -2.31. The Bertz CT molecular complexity index is 1830. The van der Waals surface area contributed by atoms with Crippen LogP contribution in [-0.4, -0.2) is 74.1 Å². The average molecular weight is 675 g/mol. The summed E-state index contributed by atoms with van der Waals surface area (Å²) in [6, 6.07) is 12.9. The second-order valence-corrected chi connectivity index (χ2v) is 12.2. The number of benzene rings is 2. The summed E-state index contributed by atoms with van der Waals surface area (Å²) in [5.74, 6) is 5.70. The van der Waals surface area contributed by atoms with Crippen LogP contribution in [0.3, 0.4) is 0 Å². The monoisotopic (exact) mass is 674 g/mol. The molecule has 2 heterocycles. The number of carbonyl (C=O) groups is 1. The average Bonchev–Trinajstić information content (AvgIpc) is 3.53. The summed E-state index contributed by atoms with van der Waals surface area (Å²) < 4.78 is 44.1. The van der Waals surface area contributed by atoms with Crippen LogP contribution in [0.15, 0.2) is 72.7 Å². The lowest BCUT2D eigenvalue weighted by molar-refractivity contribution is -0.138. The van der Waals surface area contributed by atoms with Crippen molar-refractivity contribution < 1.29 is 18.0 Å². The Labute approximate surface area is 286 Å². The molecular weight excluding hydrogens is 629 g/mol. The van der Waals surface area contributed by atoms with Gasteiger partial charge in [0.05, 0.1) is 16.9 Å². The lowest BCUT2D eigenvalue weighted by Gasteiger charge is -2.22. The number of halogens is 3. The highest BCUT2D eigenvalue weighted by molar-refractivity contribution is 6.04. The Hall–Kier alpha value is -4.83. The van der Waals surface area contributed by atoms with Gasteiger partial charge in [0.2, 0.25) is 0 Å². The third-order valence-corrected chi connectivity index (χ3v) is 8.38. The summed E-state index contributed by atoms with van der Waals surface area (Å²) in [7, 11) is 7.60. The number of hydrogen-bond acceptors (Lipinski definition) is 7. The number of amides is 1. The number of pyridine rings is 1.